The molecule has 31 heavy (non-hydrogen) atoms. The van der Waals surface area contributed by atoms with Crippen molar-refractivity contribution in [2.75, 3.05) is 53.5 Å². The lowest BCUT2D eigenvalue weighted by Gasteiger charge is -2.35. The Morgan fingerprint density at radius 3 is 2.58 bits per heavy atom. The quantitative estimate of drug-likeness (QED) is 0.577. The highest BCUT2D eigenvalue weighted by molar-refractivity contribution is 5.78. The predicted molar refractivity (Wildman–Crippen MR) is 116 cm³/mol. The summed E-state index contributed by atoms with van der Waals surface area (Å²) in [6.45, 7) is 5.27. The van der Waals surface area contributed by atoms with Crippen molar-refractivity contribution in [1.82, 2.24) is 14.7 Å². The summed E-state index contributed by atoms with van der Waals surface area (Å²) in [7, 11) is 3.34. The zero-order valence-electron chi connectivity index (χ0n) is 18.2. The Hall–Kier alpha value is -3.02. The van der Waals surface area contributed by atoms with Gasteiger partial charge in [-0.05, 0) is 30.3 Å². The van der Waals surface area contributed by atoms with Crippen molar-refractivity contribution in [1.29, 1.82) is 5.26 Å². The number of amides is 1. The number of benzene rings is 1. The lowest BCUT2D eigenvalue weighted by Crippen LogP contribution is -2.49. The number of hydrogen-bond acceptors (Lipinski definition) is 7. The van der Waals surface area contributed by atoms with E-state index in [1.807, 2.05) is 24.3 Å². The fourth-order valence-corrected chi connectivity index (χ4v) is 3.71. The molecule has 3 rings (SSSR count). The van der Waals surface area contributed by atoms with E-state index in [0.29, 0.717) is 26.1 Å². The van der Waals surface area contributed by atoms with Crippen molar-refractivity contribution in [2.45, 2.75) is 19.5 Å². The SMILES string of the molecule is COc1ccc(OC)c(CN2CCN(CC(=O)N(CCC#N)Cc3ccco3)CC2)c1. The van der Waals surface area contributed by atoms with E-state index < -0.39 is 0 Å². The Labute approximate surface area is 183 Å². The van der Waals surface area contributed by atoms with Gasteiger partial charge in [-0.3, -0.25) is 14.6 Å². The maximum atomic E-state index is 12.9. The summed E-state index contributed by atoms with van der Waals surface area (Å²) in [6, 6.07) is 11.6. The van der Waals surface area contributed by atoms with Gasteiger partial charge in [0.1, 0.15) is 17.3 Å². The van der Waals surface area contributed by atoms with Gasteiger partial charge >= 0.3 is 0 Å². The van der Waals surface area contributed by atoms with E-state index in [-0.39, 0.29) is 5.91 Å². The first kappa shape index (κ1) is 22.7. The molecule has 1 aromatic heterocycles. The lowest BCUT2D eigenvalue weighted by atomic mass is 10.1. The minimum atomic E-state index is 0.0227. The van der Waals surface area contributed by atoms with Crippen molar-refractivity contribution in [3.05, 3.63) is 47.9 Å². The van der Waals surface area contributed by atoms with Gasteiger partial charge in [0.2, 0.25) is 5.91 Å². The number of methoxy groups -OCH3 is 2. The van der Waals surface area contributed by atoms with Crippen LogP contribution >= 0.6 is 0 Å². The molecule has 0 radical (unpaired) electrons. The Bertz CT molecular complexity index is 870. The first-order chi connectivity index (χ1) is 15.1. The molecule has 0 N–H and O–H groups in total. The molecule has 0 aliphatic carbocycles. The largest absolute Gasteiger partial charge is 0.497 e. The third kappa shape index (κ3) is 6.48. The number of carbonyl (C=O) groups excluding carboxylic acids is 1. The zero-order valence-corrected chi connectivity index (χ0v) is 18.2. The van der Waals surface area contributed by atoms with Crippen LogP contribution in [-0.2, 0) is 17.9 Å². The smallest absolute Gasteiger partial charge is 0.237 e. The molecule has 1 amide bonds. The zero-order chi connectivity index (χ0) is 22.1. The van der Waals surface area contributed by atoms with Gasteiger partial charge in [0.15, 0.2) is 0 Å². The second kappa shape index (κ2) is 11.4. The fraction of sp³-hybridized carbons (Fsp3) is 0.478. The molecule has 1 aliphatic rings. The Morgan fingerprint density at radius 1 is 1.16 bits per heavy atom. The molecule has 166 valence electrons. The first-order valence-corrected chi connectivity index (χ1v) is 10.5. The molecular weight excluding hydrogens is 396 g/mol. The molecule has 0 spiro atoms. The maximum Gasteiger partial charge on any atom is 0.237 e. The number of nitriles is 1. The summed E-state index contributed by atoms with van der Waals surface area (Å²) in [6.07, 6.45) is 1.90. The molecular formula is C23H30N4O4. The third-order valence-electron chi connectivity index (χ3n) is 5.48. The van der Waals surface area contributed by atoms with Crippen LogP contribution in [0.4, 0.5) is 0 Å². The van der Waals surface area contributed by atoms with Crippen LogP contribution in [0.1, 0.15) is 17.7 Å². The summed E-state index contributed by atoms with van der Waals surface area (Å²) >= 11 is 0. The normalized spacial score (nSPS) is 14.7. The first-order valence-electron chi connectivity index (χ1n) is 10.5. The van der Waals surface area contributed by atoms with Crippen LogP contribution in [0.2, 0.25) is 0 Å². The number of nitrogens with zero attached hydrogens (tertiary/aromatic N) is 4. The van der Waals surface area contributed by atoms with Gasteiger partial charge in [-0.2, -0.15) is 5.26 Å². The van der Waals surface area contributed by atoms with E-state index in [9.17, 15) is 4.79 Å². The molecule has 8 heteroatoms. The summed E-state index contributed by atoms with van der Waals surface area (Å²) in [5.41, 5.74) is 1.09. The van der Waals surface area contributed by atoms with Crippen molar-refractivity contribution < 1.29 is 18.7 Å². The second-order valence-corrected chi connectivity index (χ2v) is 7.53. The highest BCUT2D eigenvalue weighted by Crippen LogP contribution is 2.25. The Morgan fingerprint density at radius 2 is 1.94 bits per heavy atom. The molecule has 2 heterocycles. The van der Waals surface area contributed by atoms with Crippen molar-refractivity contribution >= 4 is 5.91 Å². The van der Waals surface area contributed by atoms with E-state index in [0.717, 1.165) is 55.5 Å². The van der Waals surface area contributed by atoms with Gasteiger partial charge in [0.25, 0.3) is 0 Å². The number of piperazine rings is 1. The second-order valence-electron chi connectivity index (χ2n) is 7.53. The molecule has 0 bridgehead atoms. The van der Waals surface area contributed by atoms with Gasteiger partial charge < -0.3 is 18.8 Å². The lowest BCUT2D eigenvalue weighted by molar-refractivity contribution is -0.133. The number of rotatable bonds is 10. The molecule has 0 unspecified atom stereocenters. The van der Waals surface area contributed by atoms with Crippen LogP contribution in [0.15, 0.2) is 41.0 Å². The molecule has 1 aliphatic heterocycles. The minimum absolute atomic E-state index is 0.0227. The third-order valence-corrected chi connectivity index (χ3v) is 5.48. The number of ether oxygens (including phenoxy) is 2. The van der Waals surface area contributed by atoms with E-state index >= 15 is 0 Å². The molecule has 2 aromatic rings. The number of hydrogen-bond donors (Lipinski definition) is 0. The number of carbonyl (C=O) groups is 1. The highest BCUT2D eigenvalue weighted by Gasteiger charge is 2.23. The average Bonchev–Trinajstić information content (AvgIpc) is 3.31. The fourth-order valence-electron chi connectivity index (χ4n) is 3.71. The molecule has 1 aromatic carbocycles. The number of furan rings is 1. The predicted octanol–water partition coefficient (Wildman–Crippen LogP) is 2.36. The van der Waals surface area contributed by atoms with Crippen LogP contribution in [0.3, 0.4) is 0 Å². The summed E-state index contributed by atoms with van der Waals surface area (Å²) < 4.78 is 16.2. The van der Waals surface area contributed by atoms with Crippen LogP contribution < -0.4 is 9.47 Å². The highest BCUT2D eigenvalue weighted by atomic mass is 16.5. The Balaban J connectivity index is 1.52. The summed E-state index contributed by atoms with van der Waals surface area (Å²) in [5, 5.41) is 8.92. The summed E-state index contributed by atoms with van der Waals surface area (Å²) in [4.78, 5) is 19.1. The van der Waals surface area contributed by atoms with Crippen LogP contribution in [0, 0.1) is 11.3 Å². The van der Waals surface area contributed by atoms with E-state index in [2.05, 4.69) is 15.9 Å². The van der Waals surface area contributed by atoms with Crippen molar-refractivity contribution in [3.8, 4) is 17.6 Å². The van der Waals surface area contributed by atoms with E-state index in [1.165, 1.54) is 0 Å². The van der Waals surface area contributed by atoms with Gasteiger partial charge in [-0.15, -0.1) is 0 Å². The standard InChI is InChI=1S/C23H30N4O4/c1-29-20-6-7-22(30-2)19(15-20)16-25-10-12-26(13-11-25)18-23(28)27(9-4-8-24)17-21-5-3-14-31-21/h3,5-7,14-15H,4,9-13,16-18H2,1-2H3. The molecule has 1 saturated heterocycles. The van der Waals surface area contributed by atoms with Gasteiger partial charge in [-0.1, -0.05) is 0 Å². The van der Waals surface area contributed by atoms with Gasteiger partial charge in [0, 0.05) is 44.8 Å². The van der Waals surface area contributed by atoms with Gasteiger partial charge in [0.05, 0.1) is 46.1 Å². The van der Waals surface area contributed by atoms with Crippen LogP contribution in [0.25, 0.3) is 0 Å². The van der Waals surface area contributed by atoms with Crippen LogP contribution in [-0.4, -0.2) is 74.1 Å². The molecule has 1 fully saturated rings. The summed E-state index contributed by atoms with van der Waals surface area (Å²) in [5.74, 6) is 2.41. The van der Waals surface area contributed by atoms with Crippen molar-refractivity contribution in [2.24, 2.45) is 0 Å². The molecule has 8 nitrogen and oxygen atoms in total. The Kier molecular flexibility index (Phi) is 8.33. The topological polar surface area (TPSA) is 82.2 Å². The van der Waals surface area contributed by atoms with Gasteiger partial charge in [-0.25, -0.2) is 0 Å². The van der Waals surface area contributed by atoms with Crippen LogP contribution in [0.5, 0.6) is 11.5 Å². The average molecular weight is 427 g/mol. The molecule has 0 atom stereocenters. The molecule has 0 saturated carbocycles. The van der Waals surface area contributed by atoms with E-state index in [4.69, 9.17) is 19.2 Å². The minimum Gasteiger partial charge on any atom is -0.497 e. The van der Waals surface area contributed by atoms with Crippen molar-refractivity contribution in [3.63, 3.8) is 0 Å². The maximum absolute atomic E-state index is 12.9. The monoisotopic (exact) mass is 426 g/mol. The van der Waals surface area contributed by atoms with E-state index in [1.54, 1.807) is 31.4 Å².